The van der Waals surface area contributed by atoms with Crippen LogP contribution in [0.1, 0.15) is 16.8 Å². The predicted molar refractivity (Wildman–Crippen MR) is 121 cm³/mol. The van der Waals surface area contributed by atoms with E-state index < -0.39 is 11.7 Å². The van der Waals surface area contributed by atoms with Gasteiger partial charge in [0.25, 0.3) is 0 Å². The second kappa shape index (κ2) is 8.78. The molecular formula is C22H22F3N5OS. The topological polar surface area (TPSA) is 76.3 Å². The van der Waals surface area contributed by atoms with Crippen molar-refractivity contribution in [3.8, 4) is 5.75 Å². The van der Waals surface area contributed by atoms with Crippen molar-refractivity contribution in [3.63, 3.8) is 0 Å². The van der Waals surface area contributed by atoms with Gasteiger partial charge >= 0.3 is 6.18 Å². The number of hydrogen-bond donors (Lipinski definition) is 2. The fraction of sp³-hybridized carbons (Fsp3) is 0.273. The number of nitrogen functional groups attached to an aromatic ring is 1. The molecule has 10 heteroatoms. The summed E-state index contributed by atoms with van der Waals surface area (Å²) >= 11 is 1.41. The molecule has 0 saturated carbocycles. The summed E-state index contributed by atoms with van der Waals surface area (Å²) in [6, 6.07) is 11.5. The van der Waals surface area contributed by atoms with Crippen molar-refractivity contribution in [1.82, 2.24) is 9.97 Å². The summed E-state index contributed by atoms with van der Waals surface area (Å²) in [5.74, 6) is 1.46. The molecular weight excluding hydrogens is 439 g/mol. The number of methoxy groups -OCH3 is 1. The van der Waals surface area contributed by atoms with E-state index in [0.717, 1.165) is 28.8 Å². The maximum Gasteiger partial charge on any atom is 0.418 e. The number of ether oxygens (including phenoxy) is 1. The van der Waals surface area contributed by atoms with Gasteiger partial charge in [0.2, 0.25) is 0 Å². The number of rotatable bonds is 5. The monoisotopic (exact) mass is 461 g/mol. The Labute approximate surface area is 188 Å². The molecule has 3 aromatic rings. The zero-order chi connectivity index (χ0) is 22.9. The minimum absolute atomic E-state index is 0.281. The first-order chi connectivity index (χ1) is 15.3. The Morgan fingerprint density at radius 2 is 1.88 bits per heavy atom. The molecule has 168 valence electrons. The van der Waals surface area contributed by atoms with Gasteiger partial charge in [-0.25, -0.2) is 9.97 Å². The lowest BCUT2D eigenvalue weighted by Crippen LogP contribution is -2.32. The second-order valence-electron chi connectivity index (χ2n) is 7.28. The SMILES string of the molecule is COc1ccc(Nc2nc(SC)nc3c2CCN(c2ccc(N)c(C(F)(F)F)c2)C3)cc1. The number of halogens is 3. The van der Waals surface area contributed by atoms with Crippen LogP contribution in [0.25, 0.3) is 0 Å². The number of anilines is 4. The molecule has 3 N–H and O–H groups in total. The minimum atomic E-state index is -4.50. The van der Waals surface area contributed by atoms with E-state index in [0.29, 0.717) is 36.2 Å². The van der Waals surface area contributed by atoms with Crippen LogP contribution in [0.15, 0.2) is 47.6 Å². The summed E-state index contributed by atoms with van der Waals surface area (Å²) in [6.45, 7) is 0.914. The van der Waals surface area contributed by atoms with Gasteiger partial charge in [-0.2, -0.15) is 13.2 Å². The van der Waals surface area contributed by atoms with E-state index in [1.807, 2.05) is 35.4 Å². The summed E-state index contributed by atoms with van der Waals surface area (Å²) in [5, 5.41) is 3.94. The van der Waals surface area contributed by atoms with Crippen LogP contribution >= 0.6 is 11.8 Å². The second-order valence-corrected chi connectivity index (χ2v) is 8.05. The van der Waals surface area contributed by atoms with E-state index in [-0.39, 0.29) is 5.69 Å². The average molecular weight is 462 g/mol. The van der Waals surface area contributed by atoms with E-state index in [1.165, 1.54) is 17.8 Å². The van der Waals surface area contributed by atoms with Crippen LogP contribution in [0.2, 0.25) is 0 Å². The summed E-state index contributed by atoms with van der Waals surface area (Å²) < 4.78 is 45.1. The highest BCUT2D eigenvalue weighted by atomic mass is 32.2. The molecule has 0 amide bonds. The molecule has 0 saturated heterocycles. The maximum absolute atomic E-state index is 13.3. The Morgan fingerprint density at radius 1 is 1.12 bits per heavy atom. The normalized spacial score (nSPS) is 13.6. The third kappa shape index (κ3) is 4.55. The third-order valence-electron chi connectivity index (χ3n) is 5.29. The summed E-state index contributed by atoms with van der Waals surface area (Å²) in [4.78, 5) is 11.1. The number of thioether (sulfide) groups is 1. The number of hydrogen-bond acceptors (Lipinski definition) is 7. The van der Waals surface area contributed by atoms with Crippen molar-refractivity contribution < 1.29 is 17.9 Å². The van der Waals surface area contributed by atoms with E-state index in [4.69, 9.17) is 10.5 Å². The molecule has 6 nitrogen and oxygen atoms in total. The lowest BCUT2D eigenvalue weighted by Gasteiger charge is -2.31. The number of nitrogens with two attached hydrogens (primary N) is 1. The van der Waals surface area contributed by atoms with Gasteiger partial charge in [-0.05, 0) is 55.1 Å². The average Bonchev–Trinajstić information content (AvgIpc) is 2.78. The molecule has 1 aliphatic rings. The van der Waals surface area contributed by atoms with E-state index in [2.05, 4.69) is 15.3 Å². The molecule has 0 aliphatic carbocycles. The van der Waals surface area contributed by atoms with E-state index >= 15 is 0 Å². The first-order valence-corrected chi connectivity index (χ1v) is 11.1. The number of fused-ring (bicyclic) bond motifs is 1. The van der Waals surface area contributed by atoms with Crippen LogP contribution in [-0.4, -0.2) is 29.9 Å². The van der Waals surface area contributed by atoms with E-state index in [9.17, 15) is 13.2 Å². The van der Waals surface area contributed by atoms with Crippen molar-refractivity contribution in [3.05, 3.63) is 59.3 Å². The van der Waals surface area contributed by atoms with E-state index in [1.54, 1.807) is 13.2 Å². The van der Waals surface area contributed by atoms with Crippen LogP contribution in [0.5, 0.6) is 5.75 Å². The summed E-state index contributed by atoms with van der Waals surface area (Å²) in [5.41, 5.74) is 7.52. The Balaban J connectivity index is 1.64. The maximum atomic E-state index is 13.3. The van der Waals surface area contributed by atoms with Crippen LogP contribution in [0, 0.1) is 0 Å². The molecule has 0 atom stereocenters. The number of benzene rings is 2. The van der Waals surface area contributed by atoms with Crippen molar-refractivity contribution in [2.45, 2.75) is 24.3 Å². The van der Waals surface area contributed by atoms with Gasteiger partial charge in [-0.3, -0.25) is 0 Å². The molecule has 0 radical (unpaired) electrons. The first kappa shape index (κ1) is 22.1. The van der Waals surface area contributed by atoms with Gasteiger partial charge < -0.3 is 20.7 Å². The Kier molecular flexibility index (Phi) is 6.05. The lowest BCUT2D eigenvalue weighted by atomic mass is 10.0. The predicted octanol–water partition coefficient (Wildman–Crippen LogP) is 5.11. The zero-order valence-corrected chi connectivity index (χ0v) is 18.3. The van der Waals surface area contributed by atoms with Crippen molar-refractivity contribution in [1.29, 1.82) is 0 Å². The van der Waals surface area contributed by atoms with Crippen LogP contribution in [0.3, 0.4) is 0 Å². The van der Waals surface area contributed by atoms with Gasteiger partial charge in [0.1, 0.15) is 11.6 Å². The highest BCUT2D eigenvalue weighted by molar-refractivity contribution is 7.98. The lowest BCUT2D eigenvalue weighted by molar-refractivity contribution is -0.136. The third-order valence-corrected chi connectivity index (χ3v) is 5.84. The molecule has 0 fully saturated rings. The largest absolute Gasteiger partial charge is 0.497 e. The van der Waals surface area contributed by atoms with Crippen LogP contribution < -0.4 is 20.7 Å². The number of aromatic nitrogens is 2. The first-order valence-electron chi connectivity index (χ1n) is 9.85. The number of nitrogens with zero attached hydrogens (tertiary/aromatic N) is 3. The Bertz CT molecular complexity index is 1120. The quantitative estimate of drug-likeness (QED) is 0.310. The molecule has 1 aliphatic heterocycles. The molecule has 1 aromatic heterocycles. The molecule has 0 unspecified atom stereocenters. The molecule has 0 spiro atoms. The number of alkyl halides is 3. The van der Waals surface area contributed by atoms with Gasteiger partial charge in [-0.15, -0.1) is 0 Å². The number of nitrogens with one attached hydrogen (secondary N) is 1. The van der Waals surface area contributed by atoms with Crippen LogP contribution in [-0.2, 0) is 19.1 Å². The Hall–Kier alpha value is -3.14. The van der Waals surface area contributed by atoms with Crippen molar-refractivity contribution in [2.24, 2.45) is 0 Å². The molecule has 32 heavy (non-hydrogen) atoms. The molecule has 0 bridgehead atoms. The summed E-state index contributed by atoms with van der Waals surface area (Å²) in [6.07, 6.45) is -2.03. The Morgan fingerprint density at radius 3 is 2.53 bits per heavy atom. The molecule has 4 rings (SSSR count). The van der Waals surface area contributed by atoms with Gasteiger partial charge in [0.15, 0.2) is 5.16 Å². The van der Waals surface area contributed by atoms with Gasteiger partial charge in [0.05, 0.1) is 24.9 Å². The summed E-state index contributed by atoms with van der Waals surface area (Å²) in [7, 11) is 1.61. The van der Waals surface area contributed by atoms with Gasteiger partial charge in [-0.1, -0.05) is 11.8 Å². The molecule has 2 heterocycles. The molecule has 2 aromatic carbocycles. The fourth-order valence-corrected chi connectivity index (χ4v) is 4.00. The van der Waals surface area contributed by atoms with Crippen molar-refractivity contribution >= 4 is 34.6 Å². The minimum Gasteiger partial charge on any atom is -0.497 e. The standard InChI is InChI=1S/C22H22F3N5OS/c1-31-15-6-3-13(4-7-15)27-20-16-9-10-30(12-19(16)28-21(29-20)32-2)14-5-8-18(26)17(11-14)22(23,24)25/h3-8,11H,9-10,12,26H2,1-2H3,(H,27,28,29). The highest BCUT2D eigenvalue weighted by Crippen LogP contribution is 2.37. The smallest absolute Gasteiger partial charge is 0.418 e. The van der Waals surface area contributed by atoms with Crippen LogP contribution in [0.4, 0.5) is 36.1 Å². The highest BCUT2D eigenvalue weighted by Gasteiger charge is 2.34. The van der Waals surface area contributed by atoms with Crippen molar-refractivity contribution in [2.75, 3.05) is 35.9 Å². The zero-order valence-electron chi connectivity index (χ0n) is 17.5. The van der Waals surface area contributed by atoms with Gasteiger partial charge in [0, 0.05) is 29.2 Å². The fourth-order valence-electron chi connectivity index (χ4n) is 3.62.